The molecule has 1 aromatic carbocycles. The molecule has 2 rings (SSSR count). The number of hydrogen-bond acceptors (Lipinski definition) is 3. The molecule has 15 heavy (non-hydrogen) atoms. The summed E-state index contributed by atoms with van der Waals surface area (Å²) in [6.07, 6.45) is 1.85. The first-order valence-corrected chi connectivity index (χ1v) is 4.68. The highest BCUT2D eigenvalue weighted by atomic mass is 14.7. The number of nitrogens with two attached hydrogens (primary N) is 3. The average Bonchev–Trinajstić information content (AvgIpc) is 2.62. The van der Waals surface area contributed by atoms with E-state index in [0.717, 1.165) is 16.5 Å². The van der Waals surface area contributed by atoms with Gasteiger partial charge in [-0.25, -0.2) is 0 Å². The summed E-state index contributed by atoms with van der Waals surface area (Å²) in [7, 11) is 0. The van der Waals surface area contributed by atoms with Gasteiger partial charge in [0.2, 0.25) is 0 Å². The number of hydrogen-bond donors (Lipinski definition) is 4. The lowest BCUT2D eigenvalue weighted by Gasteiger charge is -2.07. The molecule has 0 amide bonds. The number of allylic oxidation sites excluding steroid dienone is 1. The van der Waals surface area contributed by atoms with Crippen LogP contribution < -0.4 is 17.2 Å². The van der Waals surface area contributed by atoms with E-state index in [1.807, 2.05) is 24.4 Å². The van der Waals surface area contributed by atoms with Gasteiger partial charge in [0.05, 0.1) is 11.2 Å². The van der Waals surface area contributed by atoms with Crippen LogP contribution in [-0.2, 0) is 0 Å². The van der Waals surface area contributed by atoms with E-state index in [2.05, 4.69) is 4.98 Å². The Labute approximate surface area is 87.7 Å². The van der Waals surface area contributed by atoms with Crippen LogP contribution in [-0.4, -0.2) is 4.98 Å². The molecule has 1 heterocycles. The Morgan fingerprint density at radius 1 is 1.27 bits per heavy atom. The second-order valence-electron chi connectivity index (χ2n) is 3.61. The molecule has 7 N–H and O–H groups in total. The number of anilines is 1. The third-order valence-corrected chi connectivity index (χ3v) is 2.40. The molecule has 0 saturated heterocycles. The summed E-state index contributed by atoms with van der Waals surface area (Å²) in [6, 6.07) is 5.67. The SMILES string of the molecule is C/C(N)=C(/N)c1cc(N)cc2cc[nH]c12. The van der Waals surface area contributed by atoms with Crippen molar-refractivity contribution >= 4 is 22.3 Å². The lowest BCUT2D eigenvalue weighted by Crippen LogP contribution is -2.06. The van der Waals surface area contributed by atoms with Gasteiger partial charge in [0, 0.05) is 28.5 Å². The Bertz CT molecular complexity index is 533. The zero-order chi connectivity index (χ0) is 11.0. The average molecular weight is 202 g/mol. The molecule has 0 aliphatic carbocycles. The van der Waals surface area contributed by atoms with E-state index in [0.29, 0.717) is 17.1 Å². The first-order valence-electron chi connectivity index (χ1n) is 4.68. The Hall–Kier alpha value is -2.10. The highest BCUT2D eigenvalue weighted by Crippen LogP contribution is 2.25. The minimum absolute atomic E-state index is 0.565. The van der Waals surface area contributed by atoms with E-state index < -0.39 is 0 Å². The van der Waals surface area contributed by atoms with Crippen molar-refractivity contribution in [1.82, 2.24) is 4.98 Å². The Morgan fingerprint density at radius 2 is 2.00 bits per heavy atom. The van der Waals surface area contributed by atoms with Crippen molar-refractivity contribution in [2.24, 2.45) is 11.5 Å². The molecule has 0 fully saturated rings. The van der Waals surface area contributed by atoms with Gasteiger partial charge in [0.15, 0.2) is 0 Å². The van der Waals surface area contributed by atoms with Crippen molar-refractivity contribution in [3.63, 3.8) is 0 Å². The molecular weight excluding hydrogens is 188 g/mol. The number of nitrogens with one attached hydrogen (secondary N) is 1. The van der Waals surface area contributed by atoms with Crippen molar-refractivity contribution in [3.8, 4) is 0 Å². The van der Waals surface area contributed by atoms with Crippen molar-refractivity contribution in [3.05, 3.63) is 35.7 Å². The van der Waals surface area contributed by atoms with Crippen LogP contribution >= 0.6 is 0 Å². The van der Waals surface area contributed by atoms with Gasteiger partial charge >= 0.3 is 0 Å². The third-order valence-electron chi connectivity index (χ3n) is 2.40. The van der Waals surface area contributed by atoms with Crippen LogP contribution in [0.25, 0.3) is 16.6 Å². The summed E-state index contributed by atoms with van der Waals surface area (Å²) in [5, 5.41) is 1.04. The molecule has 0 atom stereocenters. The Balaban J connectivity index is 2.79. The van der Waals surface area contributed by atoms with E-state index in [-0.39, 0.29) is 0 Å². The van der Waals surface area contributed by atoms with E-state index in [1.54, 1.807) is 6.92 Å². The number of aromatic amines is 1. The van der Waals surface area contributed by atoms with Gasteiger partial charge in [-0.1, -0.05) is 0 Å². The molecule has 4 heteroatoms. The number of nitrogen functional groups attached to an aromatic ring is 1. The largest absolute Gasteiger partial charge is 0.401 e. The fraction of sp³-hybridized carbons (Fsp3) is 0.0909. The maximum absolute atomic E-state index is 5.91. The quantitative estimate of drug-likeness (QED) is 0.526. The van der Waals surface area contributed by atoms with Crippen LogP contribution in [0.4, 0.5) is 5.69 Å². The third kappa shape index (κ3) is 1.50. The molecule has 4 nitrogen and oxygen atoms in total. The molecule has 2 aromatic rings. The molecule has 0 unspecified atom stereocenters. The summed E-state index contributed by atoms with van der Waals surface area (Å²) in [4.78, 5) is 3.13. The van der Waals surface area contributed by atoms with Crippen molar-refractivity contribution in [1.29, 1.82) is 0 Å². The number of fused-ring (bicyclic) bond motifs is 1. The van der Waals surface area contributed by atoms with E-state index in [1.165, 1.54) is 0 Å². The summed E-state index contributed by atoms with van der Waals surface area (Å²) >= 11 is 0. The topological polar surface area (TPSA) is 93.8 Å². The zero-order valence-electron chi connectivity index (χ0n) is 8.54. The summed E-state index contributed by atoms with van der Waals surface area (Å²) in [5.41, 5.74) is 21.0. The molecule has 1 aromatic heterocycles. The second-order valence-corrected chi connectivity index (χ2v) is 3.61. The van der Waals surface area contributed by atoms with E-state index in [9.17, 15) is 0 Å². The van der Waals surface area contributed by atoms with Gasteiger partial charge in [-0.05, 0) is 25.1 Å². The lowest BCUT2D eigenvalue weighted by molar-refractivity contribution is 1.28. The number of H-pyrrole nitrogens is 1. The zero-order valence-corrected chi connectivity index (χ0v) is 8.54. The lowest BCUT2D eigenvalue weighted by atomic mass is 10.1. The fourth-order valence-electron chi connectivity index (χ4n) is 1.62. The molecular formula is C11H14N4. The number of aromatic nitrogens is 1. The molecule has 78 valence electrons. The van der Waals surface area contributed by atoms with Crippen LogP contribution in [0.15, 0.2) is 30.1 Å². The van der Waals surface area contributed by atoms with Crippen molar-refractivity contribution < 1.29 is 0 Å². The highest BCUT2D eigenvalue weighted by Gasteiger charge is 2.07. The Morgan fingerprint density at radius 3 is 2.67 bits per heavy atom. The predicted molar refractivity (Wildman–Crippen MR) is 63.7 cm³/mol. The highest BCUT2D eigenvalue weighted by molar-refractivity contribution is 5.93. The van der Waals surface area contributed by atoms with Crippen LogP contribution in [0.2, 0.25) is 0 Å². The summed E-state index contributed by atoms with van der Waals surface area (Å²) < 4.78 is 0. The van der Waals surface area contributed by atoms with E-state index in [4.69, 9.17) is 17.2 Å². The first-order chi connectivity index (χ1) is 7.09. The second kappa shape index (κ2) is 3.24. The van der Waals surface area contributed by atoms with Crippen LogP contribution in [0.1, 0.15) is 12.5 Å². The van der Waals surface area contributed by atoms with Gasteiger partial charge in [-0.2, -0.15) is 0 Å². The van der Waals surface area contributed by atoms with Crippen LogP contribution in [0, 0.1) is 0 Å². The van der Waals surface area contributed by atoms with Gasteiger partial charge in [0.1, 0.15) is 0 Å². The van der Waals surface area contributed by atoms with Crippen LogP contribution in [0.3, 0.4) is 0 Å². The minimum Gasteiger partial charge on any atom is -0.401 e. The monoisotopic (exact) mass is 202 g/mol. The molecule has 0 spiro atoms. The smallest absolute Gasteiger partial charge is 0.0597 e. The van der Waals surface area contributed by atoms with Gasteiger partial charge < -0.3 is 22.2 Å². The molecule has 0 bridgehead atoms. The molecule has 0 aliphatic rings. The van der Waals surface area contributed by atoms with Crippen molar-refractivity contribution in [2.45, 2.75) is 6.92 Å². The van der Waals surface area contributed by atoms with Crippen molar-refractivity contribution in [2.75, 3.05) is 5.73 Å². The number of rotatable bonds is 1. The Kier molecular flexibility index (Phi) is 2.04. The van der Waals surface area contributed by atoms with Gasteiger partial charge in [0.25, 0.3) is 0 Å². The van der Waals surface area contributed by atoms with Crippen LogP contribution in [0.5, 0.6) is 0 Å². The molecule has 0 radical (unpaired) electrons. The first kappa shape index (κ1) is 9.45. The fourth-order valence-corrected chi connectivity index (χ4v) is 1.62. The maximum atomic E-state index is 5.91. The normalized spacial score (nSPS) is 12.9. The maximum Gasteiger partial charge on any atom is 0.0597 e. The summed E-state index contributed by atoms with van der Waals surface area (Å²) in [5.74, 6) is 0. The molecule has 0 aliphatic heterocycles. The summed E-state index contributed by atoms with van der Waals surface area (Å²) in [6.45, 7) is 1.77. The standard InChI is InChI=1S/C11H14N4/c1-6(12)10(14)9-5-8(13)4-7-2-3-15-11(7)9/h2-5,15H,12-14H2,1H3/b10-6-. The van der Waals surface area contributed by atoms with Gasteiger partial charge in [-0.15, -0.1) is 0 Å². The van der Waals surface area contributed by atoms with Gasteiger partial charge in [-0.3, -0.25) is 0 Å². The number of benzene rings is 1. The molecule has 0 saturated carbocycles. The van der Waals surface area contributed by atoms with E-state index >= 15 is 0 Å². The predicted octanol–water partition coefficient (Wildman–Crippen LogP) is 1.36. The minimum atomic E-state index is 0.565.